The van der Waals surface area contributed by atoms with Gasteiger partial charge in [0.05, 0.1) is 23.5 Å². The lowest BCUT2D eigenvalue weighted by molar-refractivity contribution is 0.415. The Morgan fingerprint density at radius 2 is 2.05 bits per heavy atom. The van der Waals surface area contributed by atoms with Crippen LogP contribution in [0.1, 0.15) is 16.8 Å². The molecule has 0 aliphatic heterocycles. The van der Waals surface area contributed by atoms with Gasteiger partial charge in [0.1, 0.15) is 17.4 Å². The molecule has 0 amide bonds. The van der Waals surface area contributed by atoms with E-state index in [0.29, 0.717) is 27.8 Å². The number of hydrogen-bond donors (Lipinski definition) is 1. The van der Waals surface area contributed by atoms with Crippen molar-refractivity contribution in [2.24, 2.45) is 0 Å². The number of nitrogens with one attached hydrogen (secondary N) is 1. The van der Waals surface area contributed by atoms with Crippen LogP contribution in [0.2, 0.25) is 5.02 Å². The molecule has 20 heavy (non-hydrogen) atoms. The van der Waals surface area contributed by atoms with Crippen LogP contribution < -0.4 is 10.1 Å². The smallest absolute Gasteiger partial charge is 0.171 e. The second kappa shape index (κ2) is 5.76. The number of nitriles is 1. The number of nitrogens with zero attached hydrogens (tertiary/aromatic N) is 3. The number of ether oxygens (including phenoxy) is 1. The summed E-state index contributed by atoms with van der Waals surface area (Å²) in [6.07, 6.45) is 0. The molecule has 6 heteroatoms. The molecule has 102 valence electrons. The van der Waals surface area contributed by atoms with Gasteiger partial charge in [-0.2, -0.15) is 10.4 Å². The quantitative estimate of drug-likeness (QED) is 0.937. The molecule has 2 rings (SSSR count). The number of aromatic nitrogens is 2. The minimum atomic E-state index is 0.380. The van der Waals surface area contributed by atoms with Gasteiger partial charge in [-0.05, 0) is 31.5 Å². The summed E-state index contributed by atoms with van der Waals surface area (Å²) in [5.74, 6) is 1.04. The molecule has 0 radical (unpaired) electrons. The second-order valence-corrected chi connectivity index (χ2v) is 4.62. The van der Waals surface area contributed by atoms with Gasteiger partial charge < -0.3 is 10.1 Å². The highest BCUT2D eigenvalue weighted by molar-refractivity contribution is 6.33. The molecule has 1 N–H and O–H groups in total. The van der Waals surface area contributed by atoms with Gasteiger partial charge in [0.15, 0.2) is 5.82 Å². The van der Waals surface area contributed by atoms with Gasteiger partial charge in [0, 0.05) is 6.07 Å². The number of aryl methyl sites for hydroxylation is 1. The van der Waals surface area contributed by atoms with Crippen molar-refractivity contribution in [1.82, 2.24) is 10.2 Å². The van der Waals surface area contributed by atoms with E-state index >= 15 is 0 Å². The van der Waals surface area contributed by atoms with Gasteiger partial charge in [-0.25, -0.2) is 0 Å². The van der Waals surface area contributed by atoms with Crippen molar-refractivity contribution < 1.29 is 4.74 Å². The highest BCUT2D eigenvalue weighted by atomic mass is 35.5. The van der Waals surface area contributed by atoms with E-state index < -0.39 is 0 Å². The number of anilines is 2. The molecule has 1 aromatic heterocycles. The van der Waals surface area contributed by atoms with E-state index in [9.17, 15) is 5.26 Å². The van der Waals surface area contributed by atoms with E-state index in [-0.39, 0.29) is 0 Å². The summed E-state index contributed by atoms with van der Waals surface area (Å²) in [4.78, 5) is 0. The summed E-state index contributed by atoms with van der Waals surface area (Å²) >= 11 is 6.12. The average molecular weight is 289 g/mol. The standard InChI is InChI=1S/C14H13ClN4O/c1-8-9(2)18-19-14(11(8)7-16)17-13-6-10(20-3)4-5-12(13)15/h4-6H,1-3H3,(H,17,19). The molecule has 0 atom stereocenters. The van der Waals surface area contributed by atoms with Crippen LogP contribution in [0.4, 0.5) is 11.5 Å². The normalized spacial score (nSPS) is 9.95. The lowest BCUT2D eigenvalue weighted by atomic mass is 10.1. The Labute approximate surface area is 122 Å². The fraction of sp³-hybridized carbons (Fsp3) is 0.214. The van der Waals surface area contributed by atoms with Crippen molar-refractivity contribution in [2.45, 2.75) is 13.8 Å². The van der Waals surface area contributed by atoms with Crippen LogP contribution in [0.3, 0.4) is 0 Å². The summed E-state index contributed by atoms with van der Waals surface area (Å²) in [5, 5.41) is 20.8. The zero-order valence-corrected chi connectivity index (χ0v) is 12.1. The van der Waals surface area contributed by atoms with E-state index in [1.807, 2.05) is 13.8 Å². The minimum Gasteiger partial charge on any atom is -0.497 e. The van der Waals surface area contributed by atoms with Crippen molar-refractivity contribution in [1.29, 1.82) is 5.26 Å². The van der Waals surface area contributed by atoms with Gasteiger partial charge in [0.25, 0.3) is 0 Å². The van der Waals surface area contributed by atoms with Gasteiger partial charge >= 0.3 is 0 Å². The van der Waals surface area contributed by atoms with Gasteiger partial charge in [-0.15, -0.1) is 5.10 Å². The second-order valence-electron chi connectivity index (χ2n) is 4.22. The third-order valence-electron chi connectivity index (χ3n) is 2.99. The fourth-order valence-corrected chi connectivity index (χ4v) is 1.85. The molecule has 5 nitrogen and oxygen atoms in total. The van der Waals surface area contributed by atoms with E-state index in [2.05, 4.69) is 21.6 Å². The first-order valence-corrected chi connectivity index (χ1v) is 6.29. The van der Waals surface area contributed by atoms with Gasteiger partial charge in [-0.1, -0.05) is 11.6 Å². The maximum Gasteiger partial charge on any atom is 0.171 e. The topological polar surface area (TPSA) is 70.8 Å². The van der Waals surface area contributed by atoms with E-state index in [4.69, 9.17) is 16.3 Å². The monoisotopic (exact) mass is 288 g/mol. The summed E-state index contributed by atoms with van der Waals surface area (Å²) in [6.45, 7) is 3.65. The van der Waals surface area contributed by atoms with Crippen molar-refractivity contribution in [2.75, 3.05) is 12.4 Å². The first-order chi connectivity index (χ1) is 9.56. The summed E-state index contributed by atoms with van der Waals surface area (Å²) in [5.41, 5.74) is 2.59. The molecule has 2 aromatic rings. The fourth-order valence-electron chi connectivity index (χ4n) is 1.69. The Balaban J connectivity index is 2.45. The first-order valence-electron chi connectivity index (χ1n) is 5.91. The Hall–Kier alpha value is -2.32. The van der Waals surface area contributed by atoms with Crippen LogP contribution in [0.25, 0.3) is 0 Å². The third-order valence-corrected chi connectivity index (χ3v) is 3.32. The Kier molecular flexibility index (Phi) is 4.06. The van der Waals surface area contributed by atoms with Crippen molar-refractivity contribution >= 4 is 23.1 Å². The lowest BCUT2D eigenvalue weighted by Crippen LogP contribution is -2.04. The number of rotatable bonds is 3. The van der Waals surface area contributed by atoms with Crippen molar-refractivity contribution in [3.8, 4) is 11.8 Å². The summed E-state index contributed by atoms with van der Waals surface area (Å²) in [7, 11) is 1.57. The number of methoxy groups -OCH3 is 1. The van der Waals surface area contributed by atoms with Crippen molar-refractivity contribution in [3.63, 3.8) is 0 Å². The SMILES string of the molecule is COc1ccc(Cl)c(Nc2nnc(C)c(C)c2C#N)c1. The van der Waals surface area contributed by atoms with Gasteiger partial charge in [-0.3, -0.25) is 0 Å². The molecule has 1 heterocycles. The van der Waals surface area contributed by atoms with E-state index in [1.165, 1.54) is 0 Å². The molecule has 0 fully saturated rings. The highest BCUT2D eigenvalue weighted by Crippen LogP contribution is 2.30. The maximum absolute atomic E-state index is 9.26. The zero-order chi connectivity index (χ0) is 14.7. The number of halogens is 1. The maximum atomic E-state index is 9.26. The highest BCUT2D eigenvalue weighted by Gasteiger charge is 2.12. The molecule has 0 unspecified atom stereocenters. The molecule has 1 aromatic carbocycles. The van der Waals surface area contributed by atoms with E-state index in [1.54, 1.807) is 25.3 Å². The summed E-state index contributed by atoms with van der Waals surface area (Å²) < 4.78 is 5.15. The van der Waals surface area contributed by atoms with Crippen LogP contribution in [-0.4, -0.2) is 17.3 Å². The Morgan fingerprint density at radius 1 is 1.30 bits per heavy atom. The summed E-state index contributed by atoms with van der Waals surface area (Å²) in [6, 6.07) is 7.34. The molecule has 0 saturated carbocycles. The van der Waals surface area contributed by atoms with Crippen LogP contribution in [0.15, 0.2) is 18.2 Å². The van der Waals surface area contributed by atoms with Crippen LogP contribution >= 0.6 is 11.6 Å². The minimum absolute atomic E-state index is 0.380. The zero-order valence-electron chi connectivity index (χ0n) is 11.4. The average Bonchev–Trinajstić information content (AvgIpc) is 2.45. The molecule has 0 bridgehead atoms. The number of benzene rings is 1. The molecule has 0 spiro atoms. The molecular weight excluding hydrogens is 276 g/mol. The lowest BCUT2D eigenvalue weighted by Gasteiger charge is -2.11. The molecule has 0 saturated heterocycles. The first kappa shape index (κ1) is 14.1. The Morgan fingerprint density at radius 3 is 2.70 bits per heavy atom. The predicted octanol–water partition coefficient (Wildman–Crippen LogP) is 3.37. The van der Waals surface area contributed by atoms with Gasteiger partial charge in [0.2, 0.25) is 0 Å². The molecular formula is C14H13ClN4O. The number of hydrogen-bond acceptors (Lipinski definition) is 5. The molecule has 0 aliphatic rings. The largest absolute Gasteiger partial charge is 0.497 e. The van der Waals surface area contributed by atoms with Crippen LogP contribution in [0.5, 0.6) is 5.75 Å². The third kappa shape index (κ3) is 2.65. The van der Waals surface area contributed by atoms with Crippen LogP contribution in [0, 0.1) is 25.2 Å². The predicted molar refractivity (Wildman–Crippen MR) is 77.5 cm³/mol. The van der Waals surface area contributed by atoms with E-state index in [0.717, 1.165) is 11.3 Å². The Bertz CT molecular complexity index is 694. The molecule has 0 aliphatic carbocycles. The van der Waals surface area contributed by atoms with Crippen molar-refractivity contribution in [3.05, 3.63) is 40.0 Å². The van der Waals surface area contributed by atoms with Crippen LogP contribution in [-0.2, 0) is 0 Å².